The number of carbonyl (C=O) groups is 1. The number of nitrogens with one attached hydrogen (secondary N) is 1. The van der Waals surface area contributed by atoms with Crippen LogP contribution >= 0.6 is 0 Å². The molecule has 2 aromatic carbocycles. The van der Waals surface area contributed by atoms with E-state index in [2.05, 4.69) is 15.5 Å². The molecule has 0 aliphatic carbocycles. The van der Waals surface area contributed by atoms with Crippen LogP contribution in [0, 0.1) is 0 Å². The van der Waals surface area contributed by atoms with E-state index in [0.717, 1.165) is 0 Å². The topological polar surface area (TPSA) is 109 Å². The normalized spacial score (nSPS) is 11.4. The lowest BCUT2D eigenvalue weighted by Crippen LogP contribution is -2.25. The van der Waals surface area contributed by atoms with Gasteiger partial charge in [0.25, 0.3) is 5.56 Å². The third-order valence-electron chi connectivity index (χ3n) is 4.36. The molecule has 0 aliphatic heterocycles. The number of carboxylic acids is 1. The number of fused-ring (bicyclic) bond motifs is 1. The average molecular weight is 407 g/mol. The summed E-state index contributed by atoms with van der Waals surface area (Å²) < 4.78 is 7.11. The fraction of sp³-hybridized carbons (Fsp3) is 0.273. The second-order valence-electron chi connectivity index (χ2n) is 6.96. The summed E-state index contributed by atoms with van der Waals surface area (Å²) in [7, 11) is 0. The van der Waals surface area contributed by atoms with E-state index in [0.29, 0.717) is 42.0 Å². The summed E-state index contributed by atoms with van der Waals surface area (Å²) in [5.74, 6) is -0.909. The summed E-state index contributed by atoms with van der Waals surface area (Å²) in [4.78, 5) is 28.3. The van der Waals surface area contributed by atoms with E-state index in [1.54, 1.807) is 34.9 Å². The second kappa shape index (κ2) is 9.80. The van der Waals surface area contributed by atoms with Gasteiger partial charge >= 0.3 is 0 Å². The Kier molecular flexibility index (Phi) is 6.92. The molecular weight excluding hydrogens is 384 g/mol. The van der Waals surface area contributed by atoms with Crippen LogP contribution in [0.3, 0.4) is 0 Å². The SMILES string of the molecule is CC(C)OCCCn1c(N/N=C\c2ccc(C(=O)[O-])cc2)nc2ccccc2c1=O. The van der Waals surface area contributed by atoms with Crippen LogP contribution in [0.1, 0.15) is 36.2 Å². The Morgan fingerprint density at radius 2 is 1.97 bits per heavy atom. The third-order valence-corrected chi connectivity index (χ3v) is 4.36. The lowest BCUT2D eigenvalue weighted by molar-refractivity contribution is -0.255. The van der Waals surface area contributed by atoms with Crippen molar-refractivity contribution in [3.8, 4) is 0 Å². The molecule has 0 spiro atoms. The van der Waals surface area contributed by atoms with Gasteiger partial charge in [-0.15, -0.1) is 0 Å². The predicted octanol–water partition coefficient (Wildman–Crippen LogP) is 2.02. The number of anilines is 1. The van der Waals surface area contributed by atoms with Gasteiger partial charge in [-0.3, -0.25) is 9.36 Å². The van der Waals surface area contributed by atoms with Crippen LogP contribution in [0.25, 0.3) is 10.9 Å². The van der Waals surface area contributed by atoms with Crippen molar-refractivity contribution in [3.63, 3.8) is 0 Å². The van der Waals surface area contributed by atoms with Crippen molar-refractivity contribution < 1.29 is 14.6 Å². The Labute approximate surface area is 173 Å². The Balaban J connectivity index is 1.82. The fourth-order valence-corrected chi connectivity index (χ4v) is 2.87. The van der Waals surface area contributed by atoms with Gasteiger partial charge in [-0.2, -0.15) is 5.10 Å². The zero-order chi connectivity index (χ0) is 21.5. The van der Waals surface area contributed by atoms with Crippen molar-refractivity contribution >= 4 is 29.0 Å². The van der Waals surface area contributed by atoms with E-state index in [1.165, 1.54) is 18.3 Å². The van der Waals surface area contributed by atoms with Gasteiger partial charge in [0.2, 0.25) is 5.95 Å². The molecule has 1 aromatic heterocycles. The predicted molar refractivity (Wildman–Crippen MR) is 114 cm³/mol. The molecule has 30 heavy (non-hydrogen) atoms. The van der Waals surface area contributed by atoms with Crippen molar-refractivity contribution in [1.29, 1.82) is 0 Å². The van der Waals surface area contributed by atoms with E-state index in [4.69, 9.17) is 4.74 Å². The minimum Gasteiger partial charge on any atom is -0.545 e. The Hall–Kier alpha value is -3.52. The van der Waals surface area contributed by atoms with Crippen LogP contribution in [-0.2, 0) is 11.3 Å². The Bertz CT molecular complexity index is 1100. The van der Waals surface area contributed by atoms with Crippen LogP contribution in [0.2, 0.25) is 0 Å². The highest BCUT2D eigenvalue weighted by molar-refractivity contribution is 5.88. The van der Waals surface area contributed by atoms with Crippen LogP contribution in [-0.4, -0.2) is 34.4 Å². The first-order valence-electron chi connectivity index (χ1n) is 9.67. The molecule has 156 valence electrons. The summed E-state index contributed by atoms with van der Waals surface area (Å²) in [6.07, 6.45) is 2.30. The molecule has 0 atom stereocenters. The maximum Gasteiger partial charge on any atom is 0.262 e. The van der Waals surface area contributed by atoms with Gasteiger partial charge in [0, 0.05) is 13.2 Å². The summed E-state index contributed by atoms with van der Waals surface area (Å²) >= 11 is 0. The maximum atomic E-state index is 12.9. The molecule has 3 aromatic rings. The van der Waals surface area contributed by atoms with E-state index >= 15 is 0 Å². The number of hydrogen-bond donors (Lipinski definition) is 1. The van der Waals surface area contributed by atoms with Gasteiger partial charge in [-0.25, -0.2) is 10.4 Å². The van der Waals surface area contributed by atoms with Crippen molar-refractivity contribution in [2.45, 2.75) is 32.9 Å². The van der Waals surface area contributed by atoms with Crippen LogP contribution < -0.4 is 16.1 Å². The van der Waals surface area contributed by atoms with Gasteiger partial charge in [0.05, 0.1) is 29.2 Å². The highest BCUT2D eigenvalue weighted by atomic mass is 16.5. The van der Waals surface area contributed by atoms with Crippen molar-refractivity contribution in [3.05, 3.63) is 70.0 Å². The highest BCUT2D eigenvalue weighted by Crippen LogP contribution is 2.12. The standard InChI is InChI=1S/C22H24N4O4/c1-15(2)30-13-5-12-26-20(27)18-6-3-4-7-19(18)24-22(26)25-23-14-16-8-10-17(11-9-16)21(28)29/h3-4,6-11,14-15H,5,12-13H2,1-2H3,(H,24,25)(H,28,29)/p-1/b23-14-. The molecule has 0 amide bonds. The van der Waals surface area contributed by atoms with Gasteiger partial charge in [0.15, 0.2) is 0 Å². The fourth-order valence-electron chi connectivity index (χ4n) is 2.87. The van der Waals surface area contributed by atoms with Crippen molar-refractivity contribution in [2.75, 3.05) is 12.0 Å². The zero-order valence-corrected chi connectivity index (χ0v) is 16.9. The summed E-state index contributed by atoms with van der Waals surface area (Å²) in [6.45, 7) is 4.89. The molecule has 0 fully saturated rings. The van der Waals surface area contributed by atoms with Gasteiger partial charge < -0.3 is 14.6 Å². The first-order valence-corrected chi connectivity index (χ1v) is 9.67. The van der Waals surface area contributed by atoms with Crippen molar-refractivity contribution in [2.24, 2.45) is 5.10 Å². The number of hydrogen-bond acceptors (Lipinski definition) is 7. The molecule has 0 radical (unpaired) electrons. The largest absolute Gasteiger partial charge is 0.545 e. The smallest absolute Gasteiger partial charge is 0.262 e. The van der Waals surface area contributed by atoms with E-state index < -0.39 is 5.97 Å². The number of aromatic nitrogens is 2. The number of rotatable bonds is 9. The van der Waals surface area contributed by atoms with Gasteiger partial charge in [0.1, 0.15) is 0 Å². The van der Waals surface area contributed by atoms with E-state index in [9.17, 15) is 14.7 Å². The number of carbonyl (C=O) groups excluding carboxylic acids is 1. The molecule has 0 aliphatic rings. The van der Waals surface area contributed by atoms with E-state index in [-0.39, 0.29) is 17.2 Å². The highest BCUT2D eigenvalue weighted by Gasteiger charge is 2.10. The van der Waals surface area contributed by atoms with Gasteiger partial charge in [-0.1, -0.05) is 36.4 Å². The lowest BCUT2D eigenvalue weighted by Gasteiger charge is -2.13. The van der Waals surface area contributed by atoms with Crippen LogP contribution in [0.15, 0.2) is 58.4 Å². The number of ether oxygens (including phenoxy) is 1. The number of benzene rings is 2. The lowest BCUT2D eigenvalue weighted by atomic mass is 10.1. The molecule has 0 saturated carbocycles. The number of nitrogens with zero attached hydrogens (tertiary/aromatic N) is 3. The number of aromatic carboxylic acids is 1. The van der Waals surface area contributed by atoms with Gasteiger partial charge in [-0.05, 0) is 43.5 Å². The molecule has 0 saturated heterocycles. The quantitative estimate of drug-likeness (QED) is 0.330. The first-order chi connectivity index (χ1) is 14.5. The Morgan fingerprint density at radius 1 is 1.23 bits per heavy atom. The second-order valence-corrected chi connectivity index (χ2v) is 6.96. The summed E-state index contributed by atoms with van der Waals surface area (Å²) in [6, 6.07) is 13.3. The first kappa shape index (κ1) is 21.2. The molecule has 8 heteroatoms. The zero-order valence-electron chi connectivity index (χ0n) is 16.9. The molecule has 0 bridgehead atoms. The molecule has 1 heterocycles. The maximum absolute atomic E-state index is 12.9. The molecule has 8 nitrogen and oxygen atoms in total. The van der Waals surface area contributed by atoms with Crippen LogP contribution in [0.4, 0.5) is 5.95 Å². The summed E-state index contributed by atoms with van der Waals surface area (Å²) in [5, 5.41) is 15.5. The number of hydrazone groups is 1. The summed E-state index contributed by atoms with van der Waals surface area (Å²) in [5.41, 5.74) is 4.04. The molecule has 0 unspecified atom stereocenters. The van der Waals surface area contributed by atoms with Crippen LogP contribution in [0.5, 0.6) is 0 Å². The minimum atomic E-state index is -1.23. The number of carboxylic acid groups (broad SMARTS) is 1. The average Bonchev–Trinajstić information content (AvgIpc) is 2.73. The number of para-hydroxylation sites is 1. The van der Waals surface area contributed by atoms with Crippen molar-refractivity contribution in [1.82, 2.24) is 9.55 Å². The van der Waals surface area contributed by atoms with E-state index in [1.807, 2.05) is 19.9 Å². The monoisotopic (exact) mass is 407 g/mol. The molecule has 3 rings (SSSR count). The molecular formula is C22H23N4O4-. The Morgan fingerprint density at radius 3 is 2.67 bits per heavy atom. The molecule has 1 N–H and O–H groups in total. The minimum absolute atomic E-state index is 0.0914. The third kappa shape index (κ3) is 5.30.